The maximum atomic E-state index is 13.1. The number of benzene rings is 2. The molecule has 1 heterocycles. The summed E-state index contributed by atoms with van der Waals surface area (Å²) < 4.78 is 5.33. The summed E-state index contributed by atoms with van der Waals surface area (Å²) in [5, 5.41) is 2.85. The first-order chi connectivity index (χ1) is 14.0. The van der Waals surface area contributed by atoms with Crippen molar-refractivity contribution in [3.05, 3.63) is 59.7 Å². The second-order valence-corrected chi connectivity index (χ2v) is 7.50. The van der Waals surface area contributed by atoms with Crippen LogP contribution >= 0.6 is 0 Å². The number of hydrogen-bond donors (Lipinski definition) is 2. The molecule has 0 radical (unpaired) electrons. The molecule has 2 unspecified atom stereocenters. The van der Waals surface area contributed by atoms with Gasteiger partial charge < -0.3 is 20.7 Å². The molecule has 1 saturated heterocycles. The van der Waals surface area contributed by atoms with Crippen LogP contribution in [0.15, 0.2) is 48.5 Å². The van der Waals surface area contributed by atoms with Crippen LogP contribution in [-0.4, -0.2) is 35.8 Å². The van der Waals surface area contributed by atoms with Crippen molar-refractivity contribution in [2.24, 2.45) is 11.7 Å². The zero-order valence-corrected chi connectivity index (χ0v) is 16.1. The summed E-state index contributed by atoms with van der Waals surface area (Å²) >= 11 is 0. The summed E-state index contributed by atoms with van der Waals surface area (Å²) in [4.78, 5) is 39.2. The molecular weight excluding hydrogens is 370 g/mol. The molecule has 2 atom stereocenters. The van der Waals surface area contributed by atoms with Gasteiger partial charge in [0.05, 0.1) is 19.1 Å². The molecule has 1 aliphatic carbocycles. The minimum atomic E-state index is -0.564. The van der Waals surface area contributed by atoms with E-state index in [1.54, 1.807) is 25.3 Å². The topological polar surface area (TPSA) is 102 Å². The minimum absolute atomic E-state index is 0.00800. The molecule has 1 aliphatic heterocycles. The smallest absolute Gasteiger partial charge is 0.248 e. The van der Waals surface area contributed by atoms with Crippen LogP contribution in [0.25, 0.3) is 0 Å². The van der Waals surface area contributed by atoms with E-state index in [0.29, 0.717) is 17.0 Å². The van der Waals surface area contributed by atoms with Gasteiger partial charge in [-0.25, -0.2) is 0 Å². The van der Waals surface area contributed by atoms with Crippen LogP contribution in [0.1, 0.15) is 41.2 Å². The number of amides is 3. The lowest BCUT2D eigenvalue weighted by Crippen LogP contribution is -2.34. The third kappa shape index (κ3) is 3.81. The number of primary amides is 1. The van der Waals surface area contributed by atoms with Gasteiger partial charge in [0.25, 0.3) is 0 Å². The van der Waals surface area contributed by atoms with E-state index in [1.165, 1.54) is 6.07 Å². The van der Waals surface area contributed by atoms with Gasteiger partial charge in [-0.3, -0.25) is 14.4 Å². The molecule has 0 aromatic heterocycles. The number of carbonyl (C=O) groups is 3. The van der Waals surface area contributed by atoms with Crippen molar-refractivity contribution in [1.29, 1.82) is 0 Å². The number of hydrogen-bond acceptors (Lipinski definition) is 4. The Morgan fingerprint density at radius 2 is 1.90 bits per heavy atom. The molecule has 3 amide bonds. The molecule has 29 heavy (non-hydrogen) atoms. The Hall–Kier alpha value is -3.35. The molecule has 2 aromatic carbocycles. The van der Waals surface area contributed by atoms with E-state index >= 15 is 0 Å². The summed E-state index contributed by atoms with van der Waals surface area (Å²) in [6, 6.07) is 13.8. The van der Waals surface area contributed by atoms with Crippen molar-refractivity contribution in [2.45, 2.75) is 31.3 Å². The molecule has 150 valence electrons. The third-order valence-electron chi connectivity index (χ3n) is 5.49. The lowest BCUT2D eigenvalue weighted by Gasteiger charge is -2.28. The number of likely N-dealkylation sites (tertiary alicyclic amines) is 1. The number of nitrogens with zero attached hydrogens (tertiary/aromatic N) is 1. The van der Waals surface area contributed by atoms with Crippen LogP contribution in [0.4, 0.5) is 5.69 Å². The van der Waals surface area contributed by atoms with Gasteiger partial charge in [-0.15, -0.1) is 0 Å². The number of anilines is 1. The number of ether oxygens (including phenoxy) is 1. The largest absolute Gasteiger partial charge is 0.497 e. The zero-order chi connectivity index (χ0) is 20.5. The SMILES string of the molecule is COc1cccc(C2C(C(=O)Nc3cccc(C(N)=O)c3)CC(=O)N2C2CC2)c1. The first-order valence-electron chi connectivity index (χ1n) is 9.64. The number of methoxy groups -OCH3 is 1. The summed E-state index contributed by atoms with van der Waals surface area (Å²) in [5.74, 6) is -0.674. The van der Waals surface area contributed by atoms with Crippen molar-refractivity contribution < 1.29 is 19.1 Å². The van der Waals surface area contributed by atoms with Crippen LogP contribution in [0.5, 0.6) is 5.75 Å². The first-order valence-corrected chi connectivity index (χ1v) is 9.64. The van der Waals surface area contributed by atoms with Crippen molar-refractivity contribution >= 4 is 23.4 Å². The molecule has 7 nitrogen and oxygen atoms in total. The van der Waals surface area contributed by atoms with Crippen LogP contribution in [-0.2, 0) is 9.59 Å². The van der Waals surface area contributed by atoms with Crippen LogP contribution in [0.2, 0.25) is 0 Å². The molecule has 3 N–H and O–H groups in total. The average Bonchev–Trinajstić information content (AvgIpc) is 3.49. The maximum Gasteiger partial charge on any atom is 0.248 e. The minimum Gasteiger partial charge on any atom is -0.497 e. The van der Waals surface area contributed by atoms with Crippen LogP contribution < -0.4 is 15.8 Å². The second kappa shape index (κ2) is 7.58. The summed E-state index contributed by atoms with van der Waals surface area (Å²) in [5.41, 5.74) is 7.00. The van der Waals surface area contributed by atoms with E-state index in [0.717, 1.165) is 18.4 Å². The summed E-state index contributed by atoms with van der Waals surface area (Å²) in [6.07, 6.45) is 2.07. The second-order valence-electron chi connectivity index (χ2n) is 7.50. The van der Waals surface area contributed by atoms with E-state index in [4.69, 9.17) is 10.5 Å². The normalized spacial score (nSPS) is 21.1. The predicted molar refractivity (Wildman–Crippen MR) is 107 cm³/mol. The van der Waals surface area contributed by atoms with Crippen molar-refractivity contribution in [2.75, 3.05) is 12.4 Å². The number of nitrogens with one attached hydrogen (secondary N) is 1. The molecule has 2 fully saturated rings. The van der Waals surface area contributed by atoms with Crippen LogP contribution in [0, 0.1) is 5.92 Å². The fourth-order valence-corrected chi connectivity index (χ4v) is 3.98. The lowest BCUT2D eigenvalue weighted by molar-refractivity contribution is -0.129. The van der Waals surface area contributed by atoms with Gasteiger partial charge in [-0.05, 0) is 48.7 Å². The third-order valence-corrected chi connectivity index (χ3v) is 5.49. The Morgan fingerprint density at radius 1 is 1.14 bits per heavy atom. The predicted octanol–water partition coefficient (Wildman–Crippen LogP) is 2.48. The highest BCUT2D eigenvalue weighted by Crippen LogP contribution is 2.45. The molecule has 4 rings (SSSR count). The standard InChI is InChI=1S/C22H23N3O4/c1-29-17-7-3-4-13(11-17)20-18(12-19(26)25(20)16-8-9-16)22(28)24-15-6-2-5-14(10-15)21(23)27/h2-7,10-11,16,18,20H,8-9,12H2,1H3,(H2,23,27)(H,24,28). The lowest BCUT2D eigenvalue weighted by atomic mass is 9.92. The van der Waals surface area contributed by atoms with Crippen molar-refractivity contribution in [1.82, 2.24) is 4.90 Å². The Labute approximate surface area is 168 Å². The monoisotopic (exact) mass is 393 g/mol. The van der Waals surface area contributed by atoms with Gasteiger partial charge in [-0.1, -0.05) is 18.2 Å². The zero-order valence-electron chi connectivity index (χ0n) is 16.1. The van der Waals surface area contributed by atoms with Gasteiger partial charge in [0.15, 0.2) is 0 Å². The molecule has 1 saturated carbocycles. The van der Waals surface area contributed by atoms with E-state index in [2.05, 4.69) is 5.32 Å². The highest BCUT2D eigenvalue weighted by atomic mass is 16.5. The van der Waals surface area contributed by atoms with E-state index in [-0.39, 0.29) is 30.3 Å². The first kappa shape index (κ1) is 19.0. The van der Waals surface area contributed by atoms with Gasteiger partial charge in [0.2, 0.25) is 17.7 Å². The van der Waals surface area contributed by atoms with Crippen molar-refractivity contribution in [3.63, 3.8) is 0 Å². The van der Waals surface area contributed by atoms with Gasteiger partial charge >= 0.3 is 0 Å². The quantitative estimate of drug-likeness (QED) is 0.787. The van der Waals surface area contributed by atoms with Gasteiger partial charge in [0, 0.05) is 23.7 Å². The summed E-state index contributed by atoms with van der Waals surface area (Å²) in [7, 11) is 1.59. The Morgan fingerprint density at radius 3 is 2.59 bits per heavy atom. The molecule has 7 heteroatoms. The van der Waals surface area contributed by atoms with E-state index in [9.17, 15) is 14.4 Å². The number of nitrogens with two attached hydrogens (primary N) is 1. The van der Waals surface area contributed by atoms with Crippen LogP contribution in [0.3, 0.4) is 0 Å². The Kier molecular flexibility index (Phi) is 4.96. The van der Waals surface area contributed by atoms with E-state index < -0.39 is 11.8 Å². The van der Waals surface area contributed by atoms with Crippen molar-refractivity contribution in [3.8, 4) is 5.75 Å². The molecule has 0 spiro atoms. The number of rotatable bonds is 6. The van der Waals surface area contributed by atoms with E-state index in [1.807, 2.05) is 29.2 Å². The highest BCUT2D eigenvalue weighted by Gasteiger charge is 2.49. The summed E-state index contributed by atoms with van der Waals surface area (Å²) in [6.45, 7) is 0. The fourth-order valence-electron chi connectivity index (χ4n) is 3.98. The Balaban J connectivity index is 1.63. The molecular formula is C22H23N3O4. The highest BCUT2D eigenvalue weighted by molar-refractivity contribution is 5.99. The molecule has 0 bridgehead atoms. The van der Waals surface area contributed by atoms with Gasteiger partial charge in [-0.2, -0.15) is 0 Å². The maximum absolute atomic E-state index is 13.1. The number of carbonyl (C=O) groups excluding carboxylic acids is 3. The molecule has 2 aromatic rings. The molecule has 2 aliphatic rings. The average molecular weight is 393 g/mol. The fraction of sp³-hybridized carbons (Fsp3) is 0.318. The Bertz CT molecular complexity index is 970. The van der Waals surface area contributed by atoms with Gasteiger partial charge in [0.1, 0.15) is 5.75 Å².